The molecule has 132 valence electrons. The minimum Gasteiger partial charge on any atom is -0.346 e. The van der Waals surface area contributed by atoms with E-state index in [9.17, 15) is 14.0 Å². The van der Waals surface area contributed by atoms with Crippen molar-refractivity contribution in [1.82, 2.24) is 10.2 Å². The Kier molecular flexibility index (Phi) is 7.09. The van der Waals surface area contributed by atoms with E-state index in [4.69, 9.17) is 0 Å². The lowest BCUT2D eigenvalue weighted by Crippen LogP contribution is -2.39. The van der Waals surface area contributed by atoms with Crippen LogP contribution >= 0.6 is 15.9 Å². The molecule has 0 fully saturated rings. The van der Waals surface area contributed by atoms with E-state index in [1.54, 1.807) is 36.2 Å². The maximum atomic E-state index is 13.2. The monoisotopic (exact) mass is 407 g/mol. The van der Waals surface area contributed by atoms with Gasteiger partial charge in [-0.3, -0.25) is 14.5 Å². The molecule has 0 radical (unpaired) electrons. The smallest absolute Gasteiger partial charge is 0.243 e. The van der Waals surface area contributed by atoms with Crippen molar-refractivity contribution in [2.75, 3.05) is 25.5 Å². The largest absolute Gasteiger partial charge is 0.346 e. The number of carbonyl (C=O) groups is 2. The number of carbonyl (C=O) groups excluding carboxylic acids is 2. The Labute approximate surface area is 154 Å². The van der Waals surface area contributed by atoms with E-state index in [1.165, 1.54) is 12.1 Å². The molecule has 0 bridgehead atoms. The van der Waals surface area contributed by atoms with Gasteiger partial charge < -0.3 is 10.6 Å². The summed E-state index contributed by atoms with van der Waals surface area (Å²) in [6.45, 7) is 0.432. The molecule has 2 aromatic carbocycles. The van der Waals surface area contributed by atoms with E-state index in [2.05, 4.69) is 26.6 Å². The minimum atomic E-state index is -0.312. The Morgan fingerprint density at radius 3 is 2.60 bits per heavy atom. The molecule has 0 atom stereocenters. The molecule has 0 spiro atoms. The van der Waals surface area contributed by atoms with Crippen LogP contribution in [0.1, 0.15) is 5.56 Å². The van der Waals surface area contributed by atoms with Gasteiger partial charge in [0, 0.05) is 11.0 Å². The fraction of sp³-hybridized carbons (Fsp3) is 0.222. The molecule has 0 aliphatic carbocycles. The summed E-state index contributed by atoms with van der Waals surface area (Å²) in [4.78, 5) is 25.5. The number of anilines is 1. The van der Waals surface area contributed by atoms with Crippen LogP contribution in [0.2, 0.25) is 0 Å². The molecule has 0 heterocycles. The highest BCUT2D eigenvalue weighted by atomic mass is 79.9. The number of benzene rings is 2. The van der Waals surface area contributed by atoms with Gasteiger partial charge in [0.05, 0.1) is 18.8 Å². The van der Waals surface area contributed by atoms with E-state index in [0.29, 0.717) is 12.2 Å². The first-order valence-electron chi connectivity index (χ1n) is 7.68. The van der Waals surface area contributed by atoms with Gasteiger partial charge >= 0.3 is 0 Å². The Morgan fingerprint density at radius 2 is 1.88 bits per heavy atom. The molecule has 0 saturated heterocycles. The predicted molar refractivity (Wildman–Crippen MR) is 98.5 cm³/mol. The van der Waals surface area contributed by atoms with Gasteiger partial charge in [0.2, 0.25) is 11.8 Å². The first-order chi connectivity index (χ1) is 11.9. The molecular formula is C18H19BrFN3O2. The van der Waals surface area contributed by atoms with Gasteiger partial charge in [-0.2, -0.15) is 0 Å². The molecule has 0 saturated carbocycles. The normalized spacial score (nSPS) is 10.6. The lowest BCUT2D eigenvalue weighted by atomic mass is 10.2. The van der Waals surface area contributed by atoms with E-state index in [-0.39, 0.29) is 30.7 Å². The molecule has 2 aromatic rings. The van der Waals surface area contributed by atoms with Gasteiger partial charge in [0.1, 0.15) is 5.82 Å². The van der Waals surface area contributed by atoms with Crippen molar-refractivity contribution in [3.63, 3.8) is 0 Å². The summed E-state index contributed by atoms with van der Waals surface area (Å²) in [6, 6.07) is 13.5. The van der Waals surface area contributed by atoms with Crippen LogP contribution in [0.5, 0.6) is 0 Å². The van der Waals surface area contributed by atoms with Gasteiger partial charge in [-0.05, 0) is 52.8 Å². The molecule has 0 aromatic heterocycles. The molecule has 2 N–H and O–H groups in total. The second-order valence-corrected chi connectivity index (χ2v) is 6.46. The van der Waals surface area contributed by atoms with E-state index < -0.39 is 0 Å². The van der Waals surface area contributed by atoms with Gasteiger partial charge in [0.15, 0.2) is 0 Å². The molecule has 5 nitrogen and oxygen atoms in total. The molecule has 0 aliphatic heterocycles. The van der Waals surface area contributed by atoms with E-state index >= 15 is 0 Å². The van der Waals surface area contributed by atoms with Gasteiger partial charge in [-0.1, -0.05) is 24.3 Å². The molecule has 7 heteroatoms. The van der Waals surface area contributed by atoms with Crippen molar-refractivity contribution in [2.24, 2.45) is 0 Å². The van der Waals surface area contributed by atoms with Crippen LogP contribution in [0.3, 0.4) is 0 Å². The van der Waals surface area contributed by atoms with Crippen molar-refractivity contribution >= 4 is 33.4 Å². The molecule has 0 unspecified atom stereocenters. The minimum absolute atomic E-state index is 0.110. The van der Waals surface area contributed by atoms with E-state index in [0.717, 1.165) is 10.0 Å². The fourth-order valence-electron chi connectivity index (χ4n) is 2.24. The number of para-hydroxylation sites is 1. The summed E-state index contributed by atoms with van der Waals surface area (Å²) < 4.78 is 13.9. The maximum Gasteiger partial charge on any atom is 0.243 e. The Hall–Kier alpha value is -2.25. The number of halogens is 2. The molecule has 25 heavy (non-hydrogen) atoms. The average Bonchev–Trinajstić information content (AvgIpc) is 2.55. The zero-order valence-electron chi connectivity index (χ0n) is 13.8. The highest BCUT2D eigenvalue weighted by Gasteiger charge is 2.10. The number of nitrogens with one attached hydrogen (secondary N) is 2. The summed E-state index contributed by atoms with van der Waals surface area (Å²) >= 11 is 3.34. The zero-order valence-corrected chi connectivity index (χ0v) is 15.3. The number of hydrogen-bond acceptors (Lipinski definition) is 3. The summed E-state index contributed by atoms with van der Waals surface area (Å²) in [5.41, 5.74) is 1.42. The Morgan fingerprint density at radius 1 is 1.12 bits per heavy atom. The fourth-order valence-corrected chi connectivity index (χ4v) is 2.62. The van der Waals surface area contributed by atoms with Crippen LogP contribution < -0.4 is 10.6 Å². The Bertz CT molecular complexity index is 755. The average molecular weight is 408 g/mol. The third kappa shape index (κ3) is 6.64. The van der Waals surface area contributed by atoms with Gasteiger partial charge in [0.25, 0.3) is 0 Å². The van der Waals surface area contributed by atoms with Crippen molar-refractivity contribution in [2.45, 2.75) is 6.54 Å². The van der Waals surface area contributed by atoms with Crippen LogP contribution in [-0.2, 0) is 16.1 Å². The molecular weight excluding hydrogens is 389 g/mol. The van der Waals surface area contributed by atoms with Crippen molar-refractivity contribution in [1.29, 1.82) is 0 Å². The van der Waals surface area contributed by atoms with Crippen LogP contribution in [-0.4, -0.2) is 36.9 Å². The topological polar surface area (TPSA) is 61.4 Å². The Balaban J connectivity index is 1.74. The molecule has 2 rings (SSSR count). The lowest BCUT2D eigenvalue weighted by Gasteiger charge is -2.16. The highest BCUT2D eigenvalue weighted by molar-refractivity contribution is 9.10. The third-order valence-corrected chi connectivity index (χ3v) is 4.04. The number of rotatable bonds is 7. The van der Waals surface area contributed by atoms with Crippen LogP contribution in [0, 0.1) is 5.82 Å². The SMILES string of the molecule is CN(CC(=O)NCC(=O)Nc1ccccc1Br)Cc1cccc(F)c1. The summed E-state index contributed by atoms with van der Waals surface area (Å²) in [5.74, 6) is -0.895. The van der Waals surface area contributed by atoms with Crippen molar-refractivity contribution in [3.8, 4) is 0 Å². The summed E-state index contributed by atoms with van der Waals surface area (Å²) in [6.07, 6.45) is 0. The third-order valence-electron chi connectivity index (χ3n) is 3.35. The van der Waals surface area contributed by atoms with Crippen LogP contribution in [0.4, 0.5) is 10.1 Å². The first-order valence-corrected chi connectivity index (χ1v) is 8.47. The molecule has 2 amide bonds. The standard InChI is InChI=1S/C18H19BrFN3O2/c1-23(11-13-5-4-6-14(20)9-13)12-18(25)21-10-17(24)22-16-8-3-2-7-15(16)19/h2-9H,10-12H2,1H3,(H,21,25)(H,22,24). The van der Waals surface area contributed by atoms with Gasteiger partial charge in [-0.15, -0.1) is 0 Å². The number of nitrogens with zero attached hydrogens (tertiary/aromatic N) is 1. The van der Waals surface area contributed by atoms with E-state index in [1.807, 2.05) is 12.1 Å². The number of hydrogen-bond donors (Lipinski definition) is 2. The summed E-state index contributed by atoms with van der Waals surface area (Å²) in [7, 11) is 1.76. The quantitative estimate of drug-likeness (QED) is 0.741. The lowest BCUT2D eigenvalue weighted by molar-refractivity contribution is -0.124. The maximum absolute atomic E-state index is 13.2. The number of likely N-dealkylation sites (N-methyl/N-ethyl adjacent to an activating group) is 1. The van der Waals surface area contributed by atoms with Crippen molar-refractivity contribution in [3.05, 3.63) is 64.4 Å². The molecule has 0 aliphatic rings. The van der Waals surface area contributed by atoms with Crippen LogP contribution in [0.25, 0.3) is 0 Å². The van der Waals surface area contributed by atoms with Crippen LogP contribution in [0.15, 0.2) is 53.0 Å². The first kappa shape index (κ1) is 19.1. The number of amides is 2. The predicted octanol–water partition coefficient (Wildman–Crippen LogP) is 2.77. The highest BCUT2D eigenvalue weighted by Crippen LogP contribution is 2.20. The summed E-state index contributed by atoms with van der Waals surface area (Å²) in [5, 5.41) is 5.28. The second-order valence-electron chi connectivity index (χ2n) is 5.61. The van der Waals surface area contributed by atoms with Gasteiger partial charge in [-0.25, -0.2) is 4.39 Å². The van der Waals surface area contributed by atoms with Crippen molar-refractivity contribution < 1.29 is 14.0 Å². The zero-order chi connectivity index (χ0) is 18.2. The second kappa shape index (κ2) is 9.29.